The van der Waals surface area contributed by atoms with Crippen LogP contribution in [0.15, 0.2) is 18.2 Å². The lowest BCUT2D eigenvalue weighted by molar-refractivity contribution is -0.122. The predicted octanol–water partition coefficient (Wildman–Crippen LogP) is 4.33. The fraction of sp³-hybridized carbons (Fsp3) is 0.611. The highest BCUT2D eigenvalue weighted by Gasteiger charge is 2.31. The molecule has 1 fully saturated rings. The SMILES string of the molecule is CC[C@H](C(=O)NCCSC1CCCC1)N(c1ccc(Cl)c(Cl)c1)S(C)(=O)=O. The molecule has 0 heterocycles. The molecule has 1 aliphatic rings. The molecule has 1 aliphatic carbocycles. The Kier molecular flexibility index (Phi) is 8.59. The van der Waals surface area contributed by atoms with Crippen molar-refractivity contribution in [3.8, 4) is 0 Å². The molecule has 9 heteroatoms. The van der Waals surface area contributed by atoms with E-state index < -0.39 is 16.1 Å². The summed E-state index contributed by atoms with van der Waals surface area (Å²) in [4.78, 5) is 12.7. The van der Waals surface area contributed by atoms with E-state index in [1.807, 2.05) is 11.8 Å². The van der Waals surface area contributed by atoms with Gasteiger partial charge in [-0.25, -0.2) is 8.42 Å². The van der Waals surface area contributed by atoms with Gasteiger partial charge in [0.2, 0.25) is 15.9 Å². The van der Waals surface area contributed by atoms with E-state index in [1.165, 1.54) is 37.8 Å². The molecule has 1 saturated carbocycles. The fourth-order valence-corrected chi connectivity index (χ4v) is 5.97. The number of rotatable bonds is 9. The lowest BCUT2D eigenvalue weighted by Crippen LogP contribution is -2.49. The number of anilines is 1. The molecule has 0 aliphatic heterocycles. The summed E-state index contributed by atoms with van der Waals surface area (Å²) in [5, 5.41) is 4.14. The van der Waals surface area contributed by atoms with Gasteiger partial charge in [-0.05, 0) is 37.5 Å². The van der Waals surface area contributed by atoms with E-state index in [9.17, 15) is 13.2 Å². The number of thioether (sulfide) groups is 1. The standard InChI is InChI=1S/C18H26Cl2N2O3S2/c1-3-17(18(23)21-10-11-26-14-6-4-5-7-14)22(27(2,24)25)13-8-9-15(19)16(20)12-13/h8-9,12,14,17H,3-7,10-11H2,1-2H3,(H,21,23)/t17-/m1/s1. The van der Waals surface area contributed by atoms with Gasteiger partial charge in [0.05, 0.1) is 22.0 Å². The molecule has 5 nitrogen and oxygen atoms in total. The molecule has 2 rings (SSSR count). The van der Waals surface area contributed by atoms with E-state index in [4.69, 9.17) is 23.2 Å². The molecule has 1 N–H and O–H groups in total. The zero-order chi connectivity index (χ0) is 20.0. The van der Waals surface area contributed by atoms with Gasteiger partial charge in [0.1, 0.15) is 6.04 Å². The third-order valence-corrected chi connectivity index (χ3v) is 7.85. The van der Waals surface area contributed by atoms with Crippen molar-refractivity contribution in [1.29, 1.82) is 0 Å². The molecule has 1 amide bonds. The van der Waals surface area contributed by atoms with Crippen molar-refractivity contribution in [2.24, 2.45) is 0 Å². The summed E-state index contributed by atoms with van der Waals surface area (Å²) in [5.41, 5.74) is 0.328. The molecule has 0 saturated heterocycles. The number of nitrogens with zero attached hydrogens (tertiary/aromatic N) is 1. The Bertz CT molecular complexity index is 753. The van der Waals surface area contributed by atoms with Gasteiger partial charge < -0.3 is 5.32 Å². The van der Waals surface area contributed by atoms with Crippen LogP contribution in [0.5, 0.6) is 0 Å². The van der Waals surface area contributed by atoms with Crippen molar-refractivity contribution in [1.82, 2.24) is 5.32 Å². The van der Waals surface area contributed by atoms with Crippen LogP contribution in [0.4, 0.5) is 5.69 Å². The van der Waals surface area contributed by atoms with Crippen LogP contribution < -0.4 is 9.62 Å². The Morgan fingerprint density at radius 3 is 2.52 bits per heavy atom. The summed E-state index contributed by atoms with van der Waals surface area (Å²) in [6.07, 6.45) is 6.49. The molecular weight excluding hydrogens is 427 g/mol. The van der Waals surface area contributed by atoms with E-state index >= 15 is 0 Å². The summed E-state index contributed by atoms with van der Waals surface area (Å²) < 4.78 is 25.9. The van der Waals surface area contributed by atoms with E-state index in [2.05, 4.69) is 5.32 Å². The number of hydrogen-bond donors (Lipinski definition) is 1. The van der Waals surface area contributed by atoms with Crippen LogP contribution in [-0.4, -0.2) is 44.2 Å². The van der Waals surface area contributed by atoms with Crippen molar-refractivity contribution in [2.45, 2.75) is 50.3 Å². The topological polar surface area (TPSA) is 66.5 Å². The van der Waals surface area contributed by atoms with Crippen LogP contribution in [0, 0.1) is 0 Å². The smallest absolute Gasteiger partial charge is 0.243 e. The average Bonchev–Trinajstić information content (AvgIpc) is 3.11. The van der Waals surface area contributed by atoms with Gasteiger partial charge in [-0.2, -0.15) is 11.8 Å². The third kappa shape index (κ3) is 6.44. The highest BCUT2D eigenvalue weighted by molar-refractivity contribution is 7.99. The van der Waals surface area contributed by atoms with Crippen LogP contribution >= 0.6 is 35.0 Å². The second-order valence-corrected chi connectivity index (χ2v) is 10.7. The Balaban J connectivity index is 2.07. The van der Waals surface area contributed by atoms with Crippen molar-refractivity contribution >= 4 is 56.6 Å². The second-order valence-electron chi connectivity index (χ2n) is 6.65. The summed E-state index contributed by atoms with van der Waals surface area (Å²) in [6.45, 7) is 2.31. The van der Waals surface area contributed by atoms with E-state index in [0.29, 0.717) is 28.9 Å². The molecule has 152 valence electrons. The van der Waals surface area contributed by atoms with Gasteiger partial charge in [-0.3, -0.25) is 9.10 Å². The molecule has 0 bridgehead atoms. The molecule has 1 aromatic rings. The van der Waals surface area contributed by atoms with Crippen molar-refractivity contribution in [3.63, 3.8) is 0 Å². The summed E-state index contributed by atoms with van der Waals surface area (Å²) in [7, 11) is -3.68. The van der Waals surface area contributed by atoms with Gasteiger partial charge >= 0.3 is 0 Å². The zero-order valence-electron chi connectivity index (χ0n) is 15.6. The fourth-order valence-electron chi connectivity index (χ4n) is 3.26. The lowest BCUT2D eigenvalue weighted by Gasteiger charge is -2.30. The van der Waals surface area contributed by atoms with Crippen LogP contribution in [0.1, 0.15) is 39.0 Å². The molecule has 0 spiro atoms. The number of sulfonamides is 1. The Morgan fingerprint density at radius 1 is 1.30 bits per heavy atom. The van der Waals surface area contributed by atoms with Gasteiger partial charge in [0.15, 0.2) is 0 Å². The number of benzene rings is 1. The van der Waals surface area contributed by atoms with Crippen molar-refractivity contribution < 1.29 is 13.2 Å². The highest BCUT2D eigenvalue weighted by Crippen LogP contribution is 2.31. The minimum absolute atomic E-state index is 0.242. The van der Waals surface area contributed by atoms with Gasteiger partial charge in [0, 0.05) is 17.5 Å². The highest BCUT2D eigenvalue weighted by atomic mass is 35.5. The van der Waals surface area contributed by atoms with Gasteiger partial charge in [-0.15, -0.1) is 0 Å². The maximum Gasteiger partial charge on any atom is 0.243 e. The number of carbonyl (C=O) groups excluding carboxylic acids is 1. The normalized spacial score (nSPS) is 16.3. The van der Waals surface area contributed by atoms with Crippen LogP contribution in [0.2, 0.25) is 10.0 Å². The first kappa shape index (κ1) is 22.7. The van der Waals surface area contributed by atoms with E-state index in [0.717, 1.165) is 16.3 Å². The number of halogens is 2. The van der Waals surface area contributed by atoms with Crippen molar-refractivity contribution in [3.05, 3.63) is 28.2 Å². The van der Waals surface area contributed by atoms with Crippen LogP contribution in [0.25, 0.3) is 0 Å². The minimum atomic E-state index is -3.68. The zero-order valence-corrected chi connectivity index (χ0v) is 18.7. The molecule has 27 heavy (non-hydrogen) atoms. The van der Waals surface area contributed by atoms with E-state index in [1.54, 1.807) is 13.0 Å². The molecule has 1 atom stereocenters. The summed E-state index contributed by atoms with van der Waals surface area (Å²) >= 11 is 13.9. The molecule has 1 aromatic carbocycles. The average molecular weight is 453 g/mol. The Morgan fingerprint density at radius 2 is 1.96 bits per heavy atom. The molecule has 0 radical (unpaired) electrons. The summed E-state index contributed by atoms with van der Waals surface area (Å²) in [6, 6.07) is 3.71. The third-order valence-electron chi connectivity index (χ3n) is 4.54. The maximum atomic E-state index is 12.7. The minimum Gasteiger partial charge on any atom is -0.353 e. The molecule has 0 unspecified atom stereocenters. The number of carbonyl (C=O) groups is 1. The first-order chi connectivity index (χ1) is 12.7. The Hall–Kier alpha value is -0.630. The van der Waals surface area contributed by atoms with Gasteiger partial charge in [0.25, 0.3) is 0 Å². The lowest BCUT2D eigenvalue weighted by atomic mass is 10.2. The second kappa shape index (κ2) is 10.2. The van der Waals surface area contributed by atoms with E-state index in [-0.39, 0.29) is 10.9 Å². The van der Waals surface area contributed by atoms with Crippen LogP contribution in [0.3, 0.4) is 0 Å². The number of nitrogens with one attached hydrogen (secondary N) is 1. The quantitative estimate of drug-likeness (QED) is 0.566. The van der Waals surface area contributed by atoms with Gasteiger partial charge in [-0.1, -0.05) is 43.0 Å². The molecular formula is C18H26Cl2N2O3S2. The number of amides is 1. The first-order valence-corrected chi connectivity index (χ1v) is 12.7. The monoisotopic (exact) mass is 452 g/mol. The van der Waals surface area contributed by atoms with Crippen molar-refractivity contribution in [2.75, 3.05) is 22.9 Å². The Labute approximate surface area is 176 Å². The number of hydrogen-bond acceptors (Lipinski definition) is 4. The predicted molar refractivity (Wildman–Crippen MR) is 116 cm³/mol. The maximum absolute atomic E-state index is 12.7. The molecule has 0 aromatic heterocycles. The summed E-state index contributed by atoms with van der Waals surface area (Å²) in [5.74, 6) is 0.527. The largest absolute Gasteiger partial charge is 0.353 e. The van der Waals surface area contributed by atoms with Crippen LogP contribution in [-0.2, 0) is 14.8 Å². The first-order valence-electron chi connectivity index (χ1n) is 9.07.